The molecule has 3 aromatic carbocycles. The lowest BCUT2D eigenvalue weighted by Crippen LogP contribution is -2.42. The lowest BCUT2D eigenvalue weighted by atomic mass is 9.88. The maximum absolute atomic E-state index is 12.8. The average molecular weight is 489 g/mol. The number of nitrogens with zero attached hydrogens (tertiary/aromatic N) is 1. The lowest BCUT2D eigenvalue weighted by Gasteiger charge is -2.29. The Morgan fingerprint density at radius 2 is 1.37 bits per heavy atom. The van der Waals surface area contributed by atoms with Gasteiger partial charge in [-0.15, -0.1) is 0 Å². The minimum absolute atomic E-state index is 0.0155. The van der Waals surface area contributed by atoms with Crippen molar-refractivity contribution in [1.29, 1.82) is 0 Å². The van der Waals surface area contributed by atoms with E-state index < -0.39 is 10.0 Å². The molecule has 1 amide bonds. The SMILES string of the molecule is O=C(NCCC(c1ccccc1)c1ccccc1)C1CCN(S(=O)(=O)/C=C/c2ccccc2)CC1. The quantitative estimate of drug-likeness (QED) is 0.459. The number of piperidine rings is 1. The number of nitrogens with one attached hydrogen (secondary N) is 1. The van der Waals surface area contributed by atoms with Crippen molar-refractivity contribution in [3.63, 3.8) is 0 Å². The summed E-state index contributed by atoms with van der Waals surface area (Å²) in [5.41, 5.74) is 3.31. The molecule has 0 aromatic heterocycles. The van der Waals surface area contributed by atoms with Gasteiger partial charge in [0.2, 0.25) is 15.9 Å². The third kappa shape index (κ3) is 6.90. The summed E-state index contributed by atoms with van der Waals surface area (Å²) in [6, 6.07) is 30.1. The molecule has 6 heteroatoms. The van der Waals surface area contributed by atoms with Gasteiger partial charge in [0.1, 0.15) is 0 Å². The summed E-state index contributed by atoms with van der Waals surface area (Å²) in [6.07, 6.45) is 3.48. The predicted molar refractivity (Wildman–Crippen MR) is 141 cm³/mol. The minimum atomic E-state index is -3.50. The van der Waals surface area contributed by atoms with Crippen LogP contribution in [0.3, 0.4) is 0 Å². The summed E-state index contributed by atoms with van der Waals surface area (Å²) in [5, 5.41) is 4.36. The Hall–Kier alpha value is -3.22. The number of benzene rings is 3. The van der Waals surface area contributed by atoms with Crippen LogP contribution < -0.4 is 5.32 Å². The molecule has 1 aliphatic heterocycles. The summed E-state index contributed by atoms with van der Waals surface area (Å²) >= 11 is 0. The van der Waals surface area contributed by atoms with Crippen molar-refractivity contribution < 1.29 is 13.2 Å². The molecule has 5 nitrogen and oxygen atoms in total. The molecule has 3 aromatic rings. The van der Waals surface area contributed by atoms with Crippen LogP contribution in [0.25, 0.3) is 6.08 Å². The van der Waals surface area contributed by atoms with Crippen LogP contribution in [0.1, 0.15) is 41.9 Å². The largest absolute Gasteiger partial charge is 0.356 e. The topological polar surface area (TPSA) is 66.5 Å². The van der Waals surface area contributed by atoms with Crippen LogP contribution >= 0.6 is 0 Å². The Morgan fingerprint density at radius 1 is 0.857 bits per heavy atom. The van der Waals surface area contributed by atoms with Crippen LogP contribution in [0.15, 0.2) is 96.4 Å². The highest BCUT2D eigenvalue weighted by atomic mass is 32.2. The van der Waals surface area contributed by atoms with E-state index in [0.29, 0.717) is 32.5 Å². The molecule has 1 heterocycles. The molecule has 0 saturated carbocycles. The fourth-order valence-corrected chi connectivity index (χ4v) is 5.79. The van der Waals surface area contributed by atoms with E-state index in [1.165, 1.54) is 20.8 Å². The summed E-state index contributed by atoms with van der Waals surface area (Å²) in [7, 11) is -3.50. The van der Waals surface area contributed by atoms with Crippen LogP contribution in [0, 0.1) is 5.92 Å². The van der Waals surface area contributed by atoms with Gasteiger partial charge >= 0.3 is 0 Å². The molecule has 35 heavy (non-hydrogen) atoms. The third-order valence-corrected chi connectivity index (χ3v) is 8.12. The zero-order valence-corrected chi connectivity index (χ0v) is 20.6. The molecular weight excluding hydrogens is 456 g/mol. The molecule has 1 fully saturated rings. The van der Waals surface area contributed by atoms with Gasteiger partial charge in [0.15, 0.2) is 0 Å². The van der Waals surface area contributed by atoms with E-state index in [1.54, 1.807) is 6.08 Å². The third-order valence-electron chi connectivity index (χ3n) is 6.55. The van der Waals surface area contributed by atoms with Gasteiger partial charge in [-0.2, -0.15) is 4.31 Å². The van der Waals surface area contributed by atoms with E-state index >= 15 is 0 Å². The molecule has 0 radical (unpaired) electrons. The minimum Gasteiger partial charge on any atom is -0.356 e. The van der Waals surface area contributed by atoms with E-state index in [2.05, 4.69) is 29.6 Å². The first kappa shape index (κ1) is 24.9. The van der Waals surface area contributed by atoms with Gasteiger partial charge < -0.3 is 5.32 Å². The molecule has 1 aliphatic rings. The zero-order chi connectivity index (χ0) is 24.5. The molecule has 1 N–H and O–H groups in total. The van der Waals surface area contributed by atoms with Gasteiger partial charge in [0.25, 0.3) is 0 Å². The lowest BCUT2D eigenvalue weighted by molar-refractivity contribution is -0.126. The second-order valence-electron chi connectivity index (χ2n) is 8.89. The Morgan fingerprint density at radius 3 is 1.91 bits per heavy atom. The molecular formula is C29H32N2O3S. The van der Waals surface area contributed by atoms with E-state index in [1.807, 2.05) is 66.7 Å². The first-order valence-electron chi connectivity index (χ1n) is 12.1. The predicted octanol–water partition coefficient (Wildman–Crippen LogP) is 5.04. The number of sulfonamides is 1. The van der Waals surface area contributed by atoms with Gasteiger partial charge in [-0.05, 0) is 42.0 Å². The van der Waals surface area contributed by atoms with Gasteiger partial charge in [-0.1, -0.05) is 91.0 Å². The Bertz CT molecular complexity index is 1170. The van der Waals surface area contributed by atoms with Crippen molar-refractivity contribution in [2.75, 3.05) is 19.6 Å². The van der Waals surface area contributed by atoms with Gasteiger partial charge in [0, 0.05) is 36.9 Å². The van der Waals surface area contributed by atoms with Crippen LogP contribution in [0.5, 0.6) is 0 Å². The van der Waals surface area contributed by atoms with Gasteiger partial charge in [-0.3, -0.25) is 4.79 Å². The summed E-state index contributed by atoms with van der Waals surface area (Å²) < 4.78 is 26.9. The van der Waals surface area contributed by atoms with Crippen molar-refractivity contribution in [2.45, 2.75) is 25.2 Å². The molecule has 182 valence electrons. The number of hydrogen-bond acceptors (Lipinski definition) is 3. The van der Waals surface area contributed by atoms with Crippen LogP contribution in [0.2, 0.25) is 0 Å². The Kier molecular flexibility index (Phi) is 8.50. The first-order valence-corrected chi connectivity index (χ1v) is 13.6. The second kappa shape index (κ2) is 12.0. The van der Waals surface area contributed by atoms with Gasteiger partial charge in [0.05, 0.1) is 0 Å². The molecule has 0 atom stereocenters. The standard InChI is InChI=1S/C29H32N2O3S/c32-29(30-20-16-28(25-12-6-2-7-13-25)26-14-8-3-9-15-26)27-17-21-31(22-18-27)35(33,34)23-19-24-10-4-1-5-11-24/h1-15,19,23,27-28H,16-18,20-22H2,(H,30,32)/b23-19+. The molecule has 1 saturated heterocycles. The van der Waals surface area contributed by atoms with E-state index in [9.17, 15) is 13.2 Å². The highest BCUT2D eigenvalue weighted by Gasteiger charge is 2.30. The normalized spacial score (nSPS) is 15.5. The maximum atomic E-state index is 12.8. The molecule has 0 bridgehead atoms. The van der Waals surface area contributed by atoms with E-state index in [4.69, 9.17) is 0 Å². The second-order valence-corrected chi connectivity index (χ2v) is 10.7. The number of amides is 1. The number of hydrogen-bond donors (Lipinski definition) is 1. The van der Waals surface area contributed by atoms with Crippen molar-refractivity contribution in [2.24, 2.45) is 5.92 Å². The summed E-state index contributed by atoms with van der Waals surface area (Å²) in [4.78, 5) is 12.8. The van der Waals surface area contributed by atoms with Crippen molar-refractivity contribution in [3.8, 4) is 0 Å². The number of rotatable bonds is 9. The fraction of sp³-hybridized carbons (Fsp3) is 0.276. The van der Waals surface area contributed by atoms with Crippen molar-refractivity contribution in [1.82, 2.24) is 9.62 Å². The molecule has 0 unspecified atom stereocenters. The van der Waals surface area contributed by atoms with Crippen molar-refractivity contribution in [3.05, 3.63) is 113 Å². The summed E-state index contributed by atoms with van der Waals surface area (Å²) in [6.45, 7) is 1.29. The maximum Gasteiger partial charge on any atom is 0.236 e. The number of carbonyl (C=O) groups is 1. The monoisotopic (exact) mass is 488 g/mol. The fourth-order valence-electron chi connectivity index (χ4n) is 4.57. The Balaban J connectivity index is 1.28. The first-order chi connectivity index (χ1) is 17.0. The van der Waals surface area contributed by atoms with Gasteiger partial charge in [-0.25, -0.2) is 8.42 Å². The number of carbonyl (C=O) groups excluding carboxylic acids is 1. The summed E-state index contributed by atoms with van der Waals surface area (Å²) in [5.74, 6) is 0.0642. The zero-order valence-electron chi connectivity index (χ0n) is 19.8. The van der Waals surface area contributed by atoms with Crippen LogP contribution in [-0.4, -0.2) is 38.3 Å². The molecule has 0 spiro atoms. The van der Waals surface area contributed by atoms with Crippen LogP contribution in [-0.2, 0) is 14.8 Å². The molecule has 0 aliphatic carbocycles. The highest BCUT2D eigenvalue weighted by molar-refractivity contribution is 7.92. The smallest absolute Gasteiger partial charge is 0.236 e. The highest BCUT2D eigenvalue weighted by Crippen LogP contribution is 2.27. The van der Waals surface area contributed by atoms with Crippen LogP contribution in [0.4, 0.5) is 0 Å². The van der Waals surface area contributed by atoms with E-state index in [-0.39, 0.29) is 17.7 Å². The van der Waals surface area contributed by atoms with Crippen molar-refractivity contribution >= 4 is 22.0 Å². The molecule has 4 rings (SSSR count). The Labute approximate surface area is 208 Å². The van der Waals surface area contributed by atoms with E-state index in [0.717, 1.165) is 12.0 Å². The average Bonchev–Trinajstić information content (AvgIpc) is 2.91.